The third-order valence-electron chi connectivity index (χ3n) is 3.02. The molecule has 0 aliphatic heterocycles. The molecule has 0 aliphatic rings. The standard InChI is InChI=1S/C14H20N4O4/c1-4-7-16-13(19)9(2)17-14(20)10-5-6-11(15-3)12(8-10)18(21)22/h5-6,8-9,15H,4,7H2,1-3H3,(H,16,19)(H,17,20)/t9-/m1/s1. The number of nitro benzene ring substituents is 1. The van der Waals surface area contributed by atoms with Gasteiger partial charge in [-0.15, -0.1) is 0 Å². The molecule has 1 aromatic rings. The van der Waals surface area contributed by atoms with Crippen molar-refractivity contribution in [1.29, 1.82) is 0 Å². The van der Waals surface area contributed by atoms with E-state index in [2.05, 4.69) is 16.0 Å². The molecule has 3 N–H and O–H groups in total. The predicted molar refractivity (Wildman–Crippen MR) is 82.9 cm³/mol. The van der Waals surface area contributed by atoms with Crippen molar-refractivity contribution in [1.82, 2.24) is 10.6 Å². The van der Waals surface area contributed by atoms with Crippen LogP contribution >= 0.6 is 0 Å². The molecule has 8 nitrogen and oxygen atoms in total. The maximum atomic E-state index is 12.1. The molecule has 0 bridgehead atoms. The first-order valence-electron chi connectivity index (χ1n) is 6.95. The van der Waals surface area contributed by atoms with Crippen molar-refractivity contribution in [3.05, 3.63) is 33.9 Å². The van der Waals surface area contributed by atoms with Crippen LogP contribution in [0.4, 0.5) is 11.4 Å². The van der Waals surface area contributed by atoms with Gasteiger partial charge in [-0.25, -0.2) is 0 Å². The number of nitro groups is 1. The van der Waals surface area contributed by atoms with Crippen molar-refractivity contribution in [3.8, 4) is 0 Å². The Morgan fingerprint density at radius 2 is 2.05 bits per heavy atom. The van der Waals surface area contributed by atoms with Crippen molar-refractivity contribution in [2.45, 2.75) is 26.3 Å². The average molecular weight is 308 g/mol. The molecule has 8 heteroatoms. The lowest BCUT2D eigenvalue weighted by atomic mass is 10.1. The normalized spacial score (nSPS) is 11.4. The van der Waals surface area contributed by atoms with Crippen LogP contribution in [0.25, 0.3) is 0 Å². The SMILES string of the molecule is CCCNC(=O)[C@@H](C)NC(=O)c1ccc(NC)c([N+](=O)[O-])c1. The molecular formula is C14H20N4O4. The number of anilines is 1. The number of hydrogen-bond donors (Lipinski definition) is 3. The summed E-state index contributed by atoms with van der Waals surface area (Å²) in [5, 5.41) is 18.8. The van der Waals surface area contributed by atoms with Crippen molar-refractivity contribution in [2.75, 3.05) is 18.9 Å². The monoisotopic (exact) mass is 308 g/mol. The third kappa shape index (κ3) is 4.44. The number of nitrogens with zero attached hydrogens (tertiary/aromatic N) is 1. The van der Waals surface area contributed by atoms with Crippen LogP contribution in [-0.4, -0.2) is 36.4 Å². The van der Waals surface area contributed by atoms with Crippen molar-refractivity contribution < 1.29 is 14.5 Å². The Morgan fingerprint density at radius 1 is 1.36 bits per heavy atom. The highest BCUT2D eigenvalue weighted by molar-refractivity contribution is 5.98. The van der Waals surface area contributed by atoms with Crippen LogP contribution in [0, 0.1) is 10.1 Å². The van der Waals surface area contributed by atoms with E-state index in [4.69, 9.17) is 0 Å². The summed E-state index contributed by atoms with van der Waals surface area (Å²) >= 11 is 0. The average Bonchev–Trinajstić information content (AvgIpc) is 2.51. The van der Waals surface area contributed by atoms with E-state index in [-0.39, 0.29) is 17.2 Å². The molecule has 0 heterocycles. The third-order valence-corrected chi connectivity index (χ3v) is 3.02. The van der Waals surface area contributed by atoms with Crippen molar-refractivity contribution in [3.63, 3.8) is 0 Å². The fourth-order valence-corrected chi connectivity index (χ4v) is 1.78. The van der Waals surface area contributed by atoms with Gasteiger partial charge in [0.15, 0.2) is 0 Å². The maximum absolute atomic E-state index is 12.1. The van der Waals surface area contributed by atoms with Gasteiger partial charge in [0, 0.05) is 25.2 Å². The minimum absolute atomic E-state index is 0.126. The van der Waals surface area contributed by atoms with Crippen LogP contribution in [0.5, 0.6) is 0 Å². The number of rotatable bonds is 7. The molecule has 120 valence electrons. The highest BCUT2D eigenvalue weighted by Crippen LogP contribution is 2.24. The van der Waals surface area contributed by atoms with E-state index < -0.39 is 16.9 Å². The number of amides is 2. The number of carbonyl (C=O) groups excluding carboxylic acids is 2. The Kier molecular flexibility index (Phi) is 6.30. The van der Waals surface area contributed by atoms with Gasteiger partial charge in [0.05, 0.1) is 4.92 Å². The fraction of sp³-hybridized carbons (Fsp3) is 0.429. The van der Waals surface area contributed by atoms with Gasteiger partial charge in [-0.2, -0.15) is 0 Å². The molecule has 0 aromatic heterocycles. The zero-order chi connectivity index (χ0) is 16.7. The number of carbonyl (C=O) groups is 2. The Hall–Kier alpha value is -2.64. The van der Waals surface area contributed by atoms with Gasteiger partial charge in [-0.3, -0.25) is 19.7 Å². The zero-order valence-corrected chi connectivity index (χ0v) is 12.8. The first-order valence-corrected chi connectivity index (χ1v) is 6.95. The molecule has 0 radical (unpaired) electrons. The van der Waals surface area contributed by atoms with Crippen LogP contribution in [0.15, 0.2) is 18.2 Å². The molecule has 0 spiro atoms. The van der Waals surface area contributed by atoms with E-state index >= 15 is 0 Å². The second-order valence-electron chi connectivity index (χ2n) is 4.73. The van der Waals surface area contributed by atoms with Crippen molar-refractivity contribution in [2.24, 2.45) is 0 Å². The van der Waals surface area contributed by atoms with Crippen LogP contribution in [0.1, 0.15) is 30.6 Å². The smallest absolute Gasteiger partial charge is 0.293 e. The van der Waals surface area contributed by atoms with Crippen LogP contribution < -0.4 is 16.0 Å². The van der Waals surface area contributed by atoms with Gasteiger partial charge in [0.2, 0.25) is 5.91 Å². The first kappa shape index (κ1) is 17.4. The summed E-state index contributed by atoms with van der Waals surface area (Å²) in [5.74, 6) is -0.832. The Bertz CT molecular complexity index is 574. The number of benzene rings is 1. The maximum Gasteiger partial charge on any atom is 0.293 e. The molecule has 22 heavy (non-hydrogen) atoms. The Balaban J connectivity index is 2.83. The summed E-state index contributed by atoms with van der Waals surface area (Å²) in [6, 6.07) is 3.37. The minimum atomic E-state index is -0.720. The lowest BCUT2D eigenvalue weighted by Gasteiger charge is -2.14. The fourth-order valence-electron chi connectivity index (χ4n) is 1.78. The van der Waals surface area contributed by atoms with Gasteiger partial charge in [-0.1, -0.05) is 6.92 Å². The summed E-state index contributed by atoms with van der Waals surface area (Å²) in [6.45, 7) is 4.01. The summed E-state index contributed by atoms with van der Waals surface area (Å²) in [6.07, 6.45) is 0.796. The van der Waals surface area contributed by atoms with Gasteiger partial charge in [-0.05, 0) is 25.5 Å². The Labute approximate surface area is 128 Å². The summed E-state index contributed by atoms with van der Waals surface area (Å²) in [5.41, 5.74) is 0.245. The van der Waals surface area contributed by atoms with E-state index in [0.717, 1.165) is 6.42 Å². The molecule has 0 saturated heterocycles. The molecule has 0 unspecified atom stereocenters. The molecule has 2 amide bonds. The van der Waals surface area contributed by atoms with E-state index in [9.17, 15) is 19.7 Å². The summed E-state index contributed by atoms with van der Waals surface area (Å²) in [7, 11) is 1.56. The van der Waals surface area contributed by atoms with Crippen LogP contribution in [0.3, 0.4) is 0 Å². The lowest BCUT2D eigenvalue weighted by molar-refractivity contribution is -0.384. The number of nitrogens with one attached hydrogen (secondary N) is 3. The van der Waals surface area contributed by atoms with Crippen LogP contribution in [0.2, 0.25) is 0 Å². The molecule has 0 fully saturated rings. The van der Waals surface area contributed by atoms with E-state index in [1.807, 2.05) is 6.92 Å². The summed E-state index contributed by atoms with van der Waals surface area (Å²) < 4.78 is 0. The molecular weight excluding hydrogens is 288 g/mol. The van der Waals surface area contributed by atoms with Gasteiger partial charge >= 0.3 is 0 Å². The van der Waals surface area contributed by atoms with Crippen molar-refractivity contribution >= 4 is 23.2 Å². The quantitative estimate of drug-likeness (QED) is 0.518. The zero-order valence-electron chi connectivity index (χ0n) is 12.8. The second kappa shape index (κ2) is 7.96. The predicted octanol–water partition coefficient (Wildman–Crippen LogP) is 1.28. The van der Waals surface area contributed by atoms with Gasteiger partial charge in [0.25, 0.3) is 11.6 Å². The van der Waals surface area contributed by atoms with Crippen LogP contribution in [-0.2, 0) is 4.79 Å². The molecule has 1 rings (SSSR count). The van der Waals surface area contributed by atoms with E-state index in [0.29, 0.717) is 12.2 Å². The second-order valence-corrected chi connectivity index (χ2v) is 4.73. The van der Waals surface area contributed by atoms with Gasteiger partial charge in [0.1, 0.15) is 11.7 Å². The Morgan fingerprint density at radius 3 is 2.59 bits per heavy atom. The summed E-state index contributed by atoms with van der Waals surface area (Å²) in [4.78, 5) is 34.2. The molecule has 1 aromatic carbocycles. The van der Waals surface area contributed by atoms with Gasteiger partial charge < -0.3 is 16.0 Å². The number of hydrogen-bond acceptors (Lipinski definition) is 5. The largest absolute Gasteiger partial charge is 0.383 e. The topological polar surface area (TPSA) is 113 Å². The molecule has 0 aliphatic carbocycles. The van der Waals surface area contributed by atoms with E-state index in [1.54, 1.807) is 14.0 Å². The van der Waals surface area contributed by atoms with E-state index in [1.165, 1.54) is 18.2 Å². The minimum Gasteiger partial charge on any atom is -0.383 e. The molecule has 1 atom stereocenters. The highest BCUT2D eigenvalue weighted by atomic mass is 16.6. The first-order chi connectivity index (χ1) is 10.4. The lowest BCUT2D eigenvalue weighted by Crippen LogP contribution is -2.45. The highest BCUT2D eigenvalue weighted by Gasteiger charge is 2.20. The molecule has 0 saturated carbocycles.